The number of rotatable bonds is 2. The number of hydrogen-bond acceptors (Lipinski definition) is 3. The molecule has 3 rings (SSSR count). The summed E-state index contributed by atoms with van der Waals surface area (Å²) in [5.74, 6) is 0.887. The third-order valence-electron chi connectivity index (χ3n) is 2.79. The van der Waals surface area contributed by atoms with Crippen molar-refractivity contribution in [2.45, 2.75) is 0 Å². The standard InChI is InChI=1S/C13H8Cl3N3O/c1-19-11-5-8(2-3-10(11)18-13(19)16)20-12-9(15)4-7(14)6-17-12/h2-6H,1H3. The van der Waals surface area contributed by atoms with Crippen molar-refractivity contribution in [3.63, 3.8) is 0 Å². The lowest BCUT2D eigenvalue weighted by Gasteiger charge is -2.07. The number of aromatic nitrogens is 3. The second-order valence-corrected chi connectivity index (χ2v) is 5.31. The van der Waals surface area contributed by atoms with Gasteiger partial charge in [-0.05, 0) is 29.8 Å². The molecule has 0 atom stereocenters. The summed E-state index contributed by atoms with van der Waals surface area (Å²) in [6.45, 7) is 0. The normalized spacial score (nSPS) is 11.0. The van der Waals surface area contributed by atoms with Gasteiger partial charge in [0.25, 0.3) is 0 Å². The van der Waals surface area contributed by atoms with Gasteiger partial charge < -0.3 is 9.30 Å². The maximum atomic E-state index is 6.02. The van der Waals surface area contributed by atoms with Gasteiger partial charge in [-0.3, -0.25) is 0 Å². The van der Waals surface area contributed by atoms with Crippen molar-refractivity contribution in [3.05, 3.63) is 45.8 Å². The Morgan fingerprint density at radius 1 is 1.15 bits per heavy atom. The molecule has 0 aliphatic heterocycles. The average molecular weight is 329 g/mol. The van der Waals surface area contributed by atoms with Crippen LogP contribution in [-0.4, -0.2) is 14.5 Å². The highest BCUT2D eigenvalue weighted by Crippen LogP contribution is 2.31. The molecule has 1 aromatic carbocycles. The van der Waals surface area contributed by atoms with E-state index in [9.17, 15) is 0 Å². The molecule has 0 bridgehead atoms. The van der Waals surface area contributed by atoms with Crippen LogP contribution in [0.1, 0.15) is 0 Å². The van der Waals surface area contributed by atoms with Crippen LogP contribution in [0.3, 0.4) is 0 Å². The van der Waals surface area contributed by atoms with Crippen LogP contribution in [0.2, 0.25) is 15.3 Å². The molecule has 7 heteroatoms. The molecule has 0 saturated heterocycles. The molecule has 3 aromatic rings. The number of halogens is 3. The van der Waals surface area contributed by atoms with Gasteiger partial charge in [-0.1, -0.05) is 23.2 Å². The van der Waals surface area contributed by atoms with Crippen LogP contribution in [0, 0.1) is 0 Å². The Labute approximate surface area is 129 Å². The summed E-state index contributed by atoms with van der Waals surface area (Å²) in [4.78, 5) is 8.25. The van der Waals surface area contributed by atoms with E-state index in [4.69, 9.17) is 39.5 Å². The molecule has 0 N–H and O–H groups in total. The van der Waals surface area contributed by atoms with Crippen molar-refractivity contribution in [1.29, 1.82) is 0 Å². The smallest absolute Gasteiger partial charge is 0.238 e. The fourth-order valence-corrected chi connectivity index (χ4v) is 2.39. The molecule has 0 unspecified atom stereocenters. The van der Waals surface area contributed by atoms with Crippen molar-refractivity contribution in [2.24, 2.45) is 7.05 Å². The van der Waals surface area contributed by atoms with Crippen LogP contribution in [0.25, 0.3) is 11.0 Å². The first-order valence-corrected chi connectivity index (χ1v) is 6.79. The molecule has 20 heavy (non-hydrogen) atoms. The van der Waals surface area contributed by atoms with E-state index in [1.807, 2.05) is 19.2 Å². The third kappa shape index (κ3) is 2.42. The third-order valence-corrected chi connectivity index (χ3v) is 3.60. The minimum absolute atomic E-state index is 0.295. The summed E-state index contributed by atoms with van der Waals surface area (Å²) in [5, 5.41) is 1.22. The van der Waals surface area contributed by atoms with Gasteiger partial charge in [0.15, 0.2) is 0 Å². The highest BCUT2D eigenvalue weighted by atomic mass is 35.5. The van der Waals surface area contributed by atoms with E-state index >= 15 is 0 Å². The zero-order valence-corrected chi connectivity index (χ0v) is 12.5. The summed E-state index contributed by atoms with van der Waals surface area (Å²) < 4.78 is 7.42. The Morgan fingerprint density at radius 2 is 1.95 bits per heavy atom. The lowest BCUT2D eigenvalue weighted by molar-refractivity contribution is 0.464. The minimum Gasteiger partial charge on any atom is -0.437 e. The lowest BCUT2D eigenvalue weighted by Crippen LogP contribution is -1.90. The van der Waals surface area contributed by atoms with Gasteiger partial charge in [0.1, 0.15) is 10.8 Å². The molecule has 0 spiro atoms. The fourth-order valence-electron chi connectivity index (χ4n) is 1.79. The van der Waals surface area contributed by atoms with Gasteiger partial charge in [0.05, 0.1) is 16.1 Å². The molecule has 0 fully saturated rings. The highest BCUT2D eigenvalue weighted by Gasteiger charge is 2.09. The number of benzene rings is 1. The molecule has 0 aliphatic rings. The topological polar surface area (TPSA) is 39.9 Å². The fraction of sp³-hybridized carbons (Fsp3) is 0.0769. The van der Waals surface area contributed by atoms with Crippen LogP contribution in [-0.2, 0) is 7.05 Å². The van der Waals surface area contributed by atoms with E-state index in [0.717, 1.165) is 11.0 Å². The van der Waals surface area contributed by atoms with Crippen molar-refractivity contribution >= 4 is 45.8 Å². The summed E-state index contributed by atoms with van der Waals surface area (Å²) >= 11 is 17.8. The molecule has 0 aliphatic carbocycles. The summed E-state index contributed by atoms with van der Waals surface area (Å²) in [5.41, 5.74) is 1.65. The monoisotopic (exact) mass is 327 g/mol. The van der Waals surface area contributed by atoms with Gasteiger partial charge >= 0.3 is 0 Å². The number of pyridine rings is 1. The molecule has 102 valence electrons. The second kappa shape index (κ2) is 5.13. The molecule has 4 nitrogen and oxygen atoms in total. The largest absolute Gasteiger partial charge is 0.437 e. The lowest BCUT2D eigenvalue weighted by atomic mass is 10.3. The predicted molar refractivity (Wildman–Crippen MR) is 80.1 cm³/mol. The zero-order valence-electron chi connectivity index (χ0n) is 10.3. The van der Waals surface area contributed by atoms with E-state index in [-0.39, 0.29) is 0 Å². The Bertz CT molecular complexity index is 801. The van der Waals surface area contributed by atoms with Crippen LogP contribution in [0.5, 0.6) is 11.6 Å². The number of aryl methyl sites for hydroxylation is 1. The molecular weight excluding hydrogens is 321 g/mol. The van der Waals surface area contributed by atoms with Crippen LogP contribution < -0.4 is 4.74 Å². The Balaban J connectivity index is 2.00. The van der Waals surface area contributed by atoms with E-state index in [1.54, 1.807) is 16.7 Å². The predicted octanol–water partition coefficient (Wildman–Crippen LogP) is 4.72. The van der Waals surface area contributed by atoms with Crippen molar-refractivity contribution in [1.82, 2.24) is 14.5 Å². The highest BCUT2D eigenvalue weighted by molar-refractivity contribution is 6.35. The molecule has 2 heterocycles. The Kier molecular flexibility index (Phi) is 3.46. The molecule has 0 radical (unpaired) electrons. The average Bonchev–Trinajstić information content (AvgIpc) is 2.69. The maximum Gasteiger partial charge on any atom is 0.238 e. The quantitative estimate of drug-likeness (QED) is 0.683. The number of hydrogen-bond donors (Lipinski definition) is 0. The summed E-state index contributed by atoms with van der Waals surface area (Å²) in [7, 11) is 1.83. The van der Waals surface area contributed by atoms with E-state index in [0.29, 0.717) is 27.0 Å². The van der Waals surface area contributed by atoms with E-state index in [2.05, 4.69) is 9.97 Å². The first kappa shape index (κ1) is 13.5. The van der Waals surface area contributed by atoms with Crippen LogP contribution >= 0.6 is 34.8 Å². The number of imidazole rings is 1. The van der Waals surface area contributed by atoms with Gasteiger partial charge in [-0.15, -0.1) is 0 Å². The van der Waals surface area contributed by atoms with Gasteiger partial charge in [-0.2, -0.15) is 0 Å². The van der Waals surface area contributed by atoms with Gasteiger partial charge in [0, 0.05) is 19.3 Å². The van der Waals surface area contributed by atoms with E-state index < -0.39 is 0 Å². The second-order valence-electron chi connectivity index (χ2n) is 4.13. The first-order valence-electron chi connectivity index (χ1n) is 5.65. The first-order chi connectivity index (χ1) is 9.54. The molecule has 2 aromatic heterocycles. The molecular formula is C13H8Cl3N3O. The molecule has 0 amide bonds. The Hall–Kier alpha value is -1.49. The number of nitrogens with zero attached hydrogens (tertiary/aromatic N) is 3. The van der Waals surface area contributed by atoms with Crippen LogP contribution in [0.4, 0.5) is 0 Å². The molecule has 0 saturated carbocycles. The van der Waals surface area contributed by atoms with Gasteiger partial charge in [-0.25, -0.2) is 9.97 Å². The summed E-state index contributed by atoms with van der Waals surface area (Å²) in [6.07, 6.45) is 1.47. The van der Waals surface area contributed by atoms with Crippen molar-refractivity contribution < 1.29 is 4.74 Å². The van der Waals surface area contributed by atoms with Crippen LogP contribution in [0.15, 0.2) is 30.5 Å². The van der Waals surface area contributed by atoms with E-state index in [1.165, 1.54) is 6.20 Å². The SMILES string of the molecule is Cn1c(Cl)nc2ccc(Oc3ncc(Cl)cc3Cl)cc21. The number of fused-ring (bicyclic) bond motifs is 1. The summed E-state index contributed by atoms with van der Waals surface area (Å²) in [6, 6.07) is 6.99. The number of ether oxygens (including phenoxy) is 1. The zero-order chi connectivity index (χ0) is 14.3. The van der Waals surface area contributed by atoms with Gasteiger partial charge in [0.2, 0.25) is 11.2 Å². The minimum atomic E-state index is 0.295. The Morgan fingerprint density at radius 3 is 2.70 bits per heavy atom. The van der Waals surface area contributed by atoms with Crippen molar-refractivity contribution in [2.75, 3.05) is 0 Å². The van der Waals surface area contributed by atoms with Crippen molar-refractivity contribution in [3.8, 4) is 11.6 Å². The maximum absolute atomic E-state index is 6.02.